The average molecular weight is 268 g/mol. The molecule has 0 radical (unpaired) electrons. The van der Waals surface area contributed by atoms with E-state index in [0.717, 1.165) is 16.9 Å². The lowest BCUT2D eigenvalue weighted by Gasteiger charge is -2.06. The summed E-state index contributed by atoms with van der Waals surface area (Å²) in [5.74, 6) is 0.662. The number of ether oxygens (including phenoxy) is 1. The highest BCUT2D eigenvalue weighted by Crippen LogP contribution is 2.17. The lowest BCUT2D eigenvalue weighted by atomic mass is 10.1. The molecule has 0 saturated heterocycles. The SMILES string of the molecule is O=c1[nH]c(-c2cccc(COc3ccccc3)c2)no1. The number of nitrogens with zero attached hydrogens (tertiary/aromatic N) is 1. The minimum Gasteiger partial charge on any atom is -0.489 e. The Kier molecular flexibility index (Phi) is 3.33. The summed E-state index contributed by atoms with van der Waals surface area (Å²) in [6, 6.07) is 17.2. The van der Waals surface area contributed by atoms with Crippen LogP contribution in [-0.2, 0) is 6.61 Å². The highest BCUT2D eigenvalue weighted by molar-refractivity contribution is 5.54. The topological polar surface area (TPSA) is 68.1 Å². The van der Waals surface area contributed by atoms with Gasteiger partial charge < -0.3 is 4.74 Å². The molecule has 0 amide bonds. The fraction of sp³-hybridized carbons (Fsp3) is 0.0667. The van der Waals surface area contributed by atoms with E-state index in [1.165, 1.54) is 0 Å². The van der Waals surface area contributed by atoms with Gasteiger partial charge in [-0.1, -0.05) is 41.6 Å². The zero-order valence-electron chi connectivity index (χ0n) is 10.6. The molecule has 1 N–H and O–H groups in total. The van der Waals surface area contributed by atoms with Crippen molar-refractivity contribution in [1.82, 2.24) is 10.1 Å². The molecule has 0 aliphatic carbocycles. The molecule has 0 atom stereocenters. The van der Waals surface area contributed by atoms with Crippen LogP contribution in [0.5, 0.6) is 5.75 Å². The Bertz CT molecular complexity index is 747. The summed E-state index contributed by atoms with van der Waals surface area (Å²) in [5, 5.41) is 3.66. The molecule has 1 aromatic heterocycles. The van der Waals surface area contributed by atoms with Gasteiger partial charge in [-0.15, -0.1) is 0 Å². The summed E-state index contributed by atoms with van der Waals surface area (Å²) in [5.41, 5.74) is 1.76. The van der Waals surface area contributed by atoms with E-state index in [2.05, 4.69) is 14.7 Å². The molecule has 1 heterocycles. The zero-order valence-corrected chi connectivity index (χ0v) is 10.6. The van der Waals surface area contributed by atoms with Crippen LogP contribution in [0.15, 0.2) is 63.9 Å². The molecule has 100 valence electrons. The molecule has 0 unspecified atom stereocenters. The summed E-state index contributed by atoms with van der Waals surface area (Å²) in [4.78, 5) is 13.5. The molecule has 3 aromatic rings. The molecule has 5 heteroatoms. The Labute approximate surface area is 114 Å². The molecule has 0 aliphatic heterocycles. The fourth-order valence-electron chi connectivity index (χ4n) is 1.85. The van der Waals surface area contributed by atoms with Gasteiger partial charge in [-0.05, 0) is 23.8 Å². The first-order chi connectivity index (χ1) is 9.81. The van der Waals surface area contributed by atoms with Crippen LogP contribution < -0.4 is 10.5 Å². The number of hydrogen-bond donors (Lipinski definition) is 1. The molecule has 0 aliphatic rings. The first-order valence-corrected chi connectivity index (χ1v) is 6.14. The molecule has 2 aromatic carbocycles. The number of aromatic amines is 1. The monoisotopic (exact) mass is 268 g/mol. The summed E-state index contributed by atoms with van der Waals surface area (Å²) in [6.45, 7) is 0.444. The van der Waals surface area contributed by atoms with Gasteiger partial charge >= 0.3 is 5.76 Å². The van der Waals surface area contributed by atoms with Crippen molar-refractivity contribution in [3.63, 3.8) is 0 Å². The van der Waals surface area contributed by atoms with Crippen molar-refractivity contribution in [2.45, 2.75) is 6.61 Å². The molecule has 5 nitrogen and oxygen atoms in total. The van der Waals surface area contributed by atoms with Gasteiger partial charge in [0.05, 0.1) is 0 Å². The number of rotatable bonds is 4. The van der Waals surface area contributed by atoms with Crippen LogP contribution in [-0.4, -0.2) is 10.1 Å². The van der Waals surface area contributed by atoms with E-state index in [-0.39, 0.29) is 0 Å². The second kappa shape index (κ2) is 5.44. The van der Waals surface area contributed by atoms with Gasteiger partial charge in [0.15, 0.2) is 5.82 Å². The first-order valence-electron chi connectivity index (χ1n) is 6.14. The summed E-state index contributed by atoms with van der Waals surface area (Å²) in [6.07, 6.45) is 0. The fourth-order valence-corrected chi connectivity index (χ4v) is 1.85. The number of benzene rings is 2. The highest BCUT2D eigenvalue weighted by Gasteiger charge is 2.05. The van der Waals surface area contributed by atoms with Crippen molar-refractivity contribution < 1.29 is 9.26 Å². The van der Waals surface area contributed by atoms with Crippen LogP contribution in [0.25, 0.3) is 11.4 Å². The van der Waals surface area contributed by atoms with E-state index in [1.807, 2.05) is 54.6 Å². The van der Waals surface area contributed by atoms with Crippen molar-refractivity contribution in [3.05, 3.63) is 70.7 Å². The van der Waals surface area contributed by atoms with Crippen molar-refractivity contribution in [3.8, 4) is 17.1 Å². The van der Waals surface area contributed by atoms with Crippen molar-refractivity contribution in [2.75, 3.05) is 0 Å². The summed E-state index contributed by atoms with van der Waals surface area (Å²) < 4.78 is 10.2. The Morgan fingerprint density at radius 2 is 1.95 bits per heavy atom. The quantitative estimate of drug-likeness (QED) is 0.789. The largest absolute Gasteiger partial charge is 0.489 e. The van der Waals surface area contributed by atoms with Gasteiger partial charge in [-0.3, -0.25) is 9.51 Å². The van der Waals surface area contributed by atoms with Crippen LogP contribution in [0.3, 0.4) is 0 Å². The van der Waals surface area contributed by atoms with Gasteiger partial charge in [0.2, 0.25) is 0 Å². The number of nitrogens with one attached hydrogen (secondary N) is 1. The third-order valence-electron chi connectivity index (χ3n) is 2.79. The normalized spacial score (nSPS) is 10.4. The lowest BCUT2D eigenvalue weighted by molar-refractivity contribution is 0.306. The van der Waals surface area contributed by atoms with E-state index in [1.54, 1.807) is 0 Å². The first kappa shape index (κ1) is 12.2. The van der Waals surface area contributed by atoms with E-state index in [9.17, 15) is 4.79 Å². The molecular formula is C15H12N2O3. The maximum absolute atomic E-state index is 10.9. The van der Waals surface area contributed by atoms with Gasteiger partial charge in [-0.25, -0.2) is 4.79 Å². The predicted octanol–water partition coefficient (Wildman–Crippen LogP) is 2.61. The molecule has 0 bridgehead atoms. The molecule has 3 rings (SSSR count). The zero-order chi connectivity index (χ0) is 13.8. The van der Waals surface area contributed by atoms with Crippen LogP contribution >= 0.6 is 0 Å². The maximum atomic E-state index is 10.9. The third kappa shape index (κ3) is 2.77. The van der Waals surface area contributed by atoms with E-state index >= 15 is 0 Å². The summed E-state index contributed by atoms with van der Waals surface area (Å²) in [7, 11) is 0. The second-order valence-corrected chi connectivity index (χ2v) is 4.25. The maximum Gasteiger partial charge on any atom is 0.439 e. The Morgan fingerprint density at radius 1 is 1.10 bits per heavy atom. The Hall–Kier alpha value is -2.82. The standard InChI is InChI=1S/C15H12N2O3/c18-15-16-14(17-20-15)12-6-4-5-11(9-12)10-19-13-7-2-1-3-8-13/h1-9H,10H2,(H,16,17,18). The van der Waals surface area contributed by atoms with Gasteiger partial charge in [0, 0.05) is 5.56 Å². The van der Waals surface area contributed by atoms with Crippen LogP contribution in [0.4, 0.5) is 0 Å². The smallest absolute Gasteiger partial charge is 0.439 e. The van der Waals surface area contributed by atoms with Crippen molar-refractivity contribution in [2.24, 2.45) is 0 Å². The molecule has 0 fully saturated rings. The van der Waals surface area contributed by atoms with Crippen molar-refractivity contribution in [1.29, 1.82) is 0 Å². The Balaban J connectivity index is 1.76. The van der Waals surface area contributed by atoms with E-state index in [4.69, 9.17) is 4.74 Å². The van der Waals surface area contributed by atoms with Gasteiger partial charge in [0.1, 0.15) is 12.4 Å². The van der Waals surface area contributed by atoms with E-state index in [0.29, 0.717) is 12.4 Å². The number of para-hydroxylation sites is 1. The molecule has 0 saturated carbocycles. The number of H-pyrrole nitrogens is 1. The average Bonchev–Trinajstić information content (AvgIpc) is 2.93. The molecule has 20 heavy (non-hydrogen) atoms. The Morgan fingerprint density at radius 3 is 2.70 bits per heavy atom. The third-order valence-corrected chi connectivity index (χ3v) is 2.79. The van der Waals surface area contributed by atoms with E-state index < -0.39 is 5.76 Å². The summed E-state index contributed by atoms with van der Waals surface area (Å²) >= 11 is 0. The van der Waals surface area contributed by atoms with Crippen LogP contribution in [0.1, 0.15) is 5.56 Å². The lowest BCUT2D eigenvalue weighted by Crippen LogP contribution is -1.97. The predicted molar refractivity (Wildman–Crippen MR) is 73.3 cm³/mol. The van der Waals surface area contributed by atoms with Gasteiger partial charge in [0.25, 0.3) is 0 Å². The number of aromatic nitrogens is 2. The van der Waals surface area contributed by atoms with Gasteiger partial charge in [-0.2, -0.15) is 0 Å². The van der Waals surface area contributed by atoms with Crippen LogP contribution in [0, 0.1) is 0 Å². The second-order valence-electron chi connectivity index (χ2n) is 4.25. The molecule has 0 spiro atoms. The molecular weight excluding hydrogens is 256 g/mol. The van der Waals surface area contributed by atoms with Crippen LogP contribution in [0.2, 0.25) is 0 Å². The highest BCUT2D eigenvalue weighted by atomic mass is 16.5. The minimum absolute atomic E-state index is 0.413. The number of hydrogen-bond acceptors (Lipinski definition) is 4. The van der Waals surface area contributed by atoms with Crippen molar-refractivity contribution >= 4 is 0 Å². The minimum atomic E-state index is -0.564.